The number of H-pyrrole nitrogens is 1. The van der Waals surface area contributed by atoms with Gasteiger partial charge in [0.2, 0.25) is 0 Å². The lowest BCUT2D eigenvalue weighted by molar-refractivity contribution is 0.0369. The van der Waals surface area contributed by atoms with Crippen LogP contribution in [0.4, 0.5) is 0 Å². The number of nitrogens with one attached hydrogen (secondary N) is 1. The van der Waals surface area contributed by atoms with Crippen molar-refractivity contribution >= 4 is 23.3 Å². The third-order valence-corrected chi connectivity index (χ3v) is 4.27. The summed E-state index contributed by atoms with van der Waals surface area (Å²) in [4.78, 5) is 5.70. The number of benzene rings is 1. The first-order valence-electron chi connectivity index (χ1n) is 7.35. The first-order valence-corrected chi connectivity index (χ1v) is 7.76. The molecule has 0 unspecified atom stereocenters. The Balaban J connectivity index is 1.71. The van der Waals surface area contributed by atoms with E-state index < -0.39 is 0 Å². The number of aromatic amines is 1. The summed E-state index contributed by atoms with van der Waals surface area (Å²) in [6.07, 6.45) is 1.08. The molecule has 0 spiro atoms. The zero-order chi connectivity index (χ0) is 14.7. The predicted molar refractivity (Wildman–Crippen MR) is 85.6 cm³/mol. The molecule has 6 heteroatoms. The van der Waals surface area contributed by atoms with Gasteiger partial charge < -0.3 is 19.0 Å². The molecule has 5 nitrogen and oxygen atoms in total. The summed E-state index contributed by atoms with van der Waals surface area (Å²) in [6, 6.07) is 6.03. The van der Waals surface area contributed by atoms with Crippen molar-refractivity contribution in [1.82, 2.24) is 14.5 Å². The normalized spacial score (nSPS) is 16.4. The van der Waals surface area contributed by atoms with Crippen LogP contribution in [-0.2, 0) is 11.3 Å². The van der Waals surface area contributed by atoms with Gasteiger partial charge in [-0.1, -0.05) is 6.07 Å². The minimum Gasteiger partial charge on any atom is -0.494 e. The number of morpholine rings is 1. The first kappa shape index (κ1) is 14.6. The summed E-state index contributed by atoms with van der Waals surface area (Å²) in [5, 5.41) is 0. The van der Waals surface area contributed by atoms with Crippen molar-refractivity contribution in [3.05, 3.63) is 23.0 Å². The number of hydrogen-bond acceptors (Lipinski definition) is 4. The Kier molecular flexibility index (Phi) is 4.57. The van der Waals surface area contributed by atoms with E-state index in [2.05, 4.69) is 20.5 Å². The number of imidazole rings is 1. The van der Waals surface area contributed by atoms with Crippen molar-refractivity contribution in [2.45, 2.75) is 13.0 Å². The number of fused-ring (bicyclic) bond motifs is 1. The Morgan fingerprint density at radius 1 is 1.29 bits per heavy atom. The van der Waals surface area contributed by atoms with Gasteiger partial charge >= 0.3 is 0 Å². The average Bonchev–Trinajstić information content (AvgIpc) is 2.84. The minimum atomic E-state index is 0.761. The van der Waals surface area contributed by atoms with Crippen molar-refractivity contribution in [2.24, 2.45) is 0 Å². The summed E-state index contributed by atoms with van der Waals surface area (Å²) >= 11 is 5.45. The lowest BCUT2D eigenvalue weighted by Gasteiger charge is -2.26. The molecule has 1 N–H and O–H groups in total. The van der Waals surface area contributed by atoms with Gasteiger partial charge in [-0.05, 0) is 30.8 Å². The van der Waals surface area contributed by atoms with Gasteiger partial charge in [-0.15, -0.1) is 0 Å². The molecule has 0 atom stereocenters. The molecule has 0 bridgehead atoms. The molecular formula is C15H21N3O2S. The van der Waals surface area contributed by atoms with E-state index in [9.17, 15) is 0 Å². The quantitative estimate of drug-likeness (QED) is 0.862. The number of hydrogen-bond donors (Lipinski definition) is 1. The van der Waals surface area contributed by atoms with Crippen LogP contribution in [0, 0.1) is 4.77 Å². The number of rotatable bonds is 5. The molecule has 21 heavy (non-hydrogen) atoms. The molecule has 1 fully saturated rings. The summed E-state index contributed by atoms with van der Waals surface area (Å²) in [5.74, 6) is 0.838. The smallest absolute Gasteiger partial charge is 0.178 e. The van der Waals surface area contributed by atoms with E-state index in [1.807, 2.05) is 12.1 Å². The van der Waals surface area contributed by atoms with Gasteiger partial charge in [-0.2, -0.15) is 0 Å². The Bertz CT molecular complexity index is 658. The number of para-hydroxylation sites is 1. The van der Waals surface area contributed by atoms with Gasteiger partial charge in [-0.3, -0.25) is 4.90 Å². The van der Waals surface area contributed by atoms with Crippen LogP contribution in [0.25, 0.3) is 11.0 Å². The highest BCUT2D eigenvalue weighted by Crippen LogP contribution is 2.24. The van der Waals surface area contributed by atoms with E-state index in [4.69, 9.17) is 21.7 Å². The van der Waals surface area contributed by atoms with Gasteiger partial charge in [-0.25, -0.2) is 0 Å². The average molecular weight is 307 g/mol. The SMILES string of the molecule is COc1cccc2c1[nH]c(=S)n2CCCN1CCOCC1. The highest BCUT2D eigenvalue weighted by Gasteiger charge is 2.11. The molecule has 114 valence electrons. The van der Waals surface area contributed by atoms with Crippen molar-refractivity contribution in [3.8, 4) is 5.75 Å². The van der Waals surface area contributed by atoms with Gasteiger partial charge in [0.15, 0.2) is 4.77 Å². The molecule has 1 aromatic heterocycles. The van der Waals surface area contributed by atoms with Gasteiger partial charge in [0, 0.05) is 26.2 Å². The van der Waals surface area contributed by atoms with E-state index in [1.165, 1.54) is 0 Å². The van der Waals surface area contributed by atoms with Gasteiger partial charge in [0.1, 0.15) is 11.3 Å². The largest absolute Gasteiger partial charge is 0.494 e. The Labute approximate surface area is 129 Å². The highest BCUT2D eigenvalue weighted by atomic mass is 32.1. The Morgan fingerprint density at radius 3 is 2.86 bits per heavy atom. The Morgan fingerprint density at radius 2 is 2.10 bits per heavy atom. The number of ether oxygens (including phenoxy) is 2. The van der Waals surface area contributed by atoms with E-state index >= 15 is 0 Å². The fourth-order valence-electron chi connectivity index (χ4n) is 2.82. The lowest BCUT2D eigenvalue weighted by Crippen LogP contribution is -2.37. The van der Waals surface area contributed by atoms with Crippen molar-refractivity contribution < 1.29 is 9.47 Å². The van der Waals surface area contributed by atoms with E-state index in [0.717, 1.165) is 67.4 Å². The maximum absolute atomic E-state index is 5.45. The van der Waals surface area contributed by atoms with Crippen LogP contribution in [0.15, 0.2) is 18.2 Å². The van der Waals surface area contributed by atoms with E-state index in [1.54, 1.807) is 7.11 Å². The molecule has 2 heterocycles. The van der Waals surface area contributed by atoms with Gasteiger partial charge in [0.05, 0.1) is 25.8 Å². The molecule has 3 rings (SSSR count). The first-order chi connectivity index (χ1) is 10.3. The fraction of sp³-hybridized carbons (Fsp3) is 0.533. The molecule has 0 radical (unpaired) electrons. The molecule has 1 aliphatic heterocycles. The van der Waals surface area contributed by atoms with Crippen molar-refractivity contribution in [1.29, 1.82) is 0 Å². The zero-order valence-corrected chi connectivity index (χ0v) is 13.1. The molecule has 1 saturated heterocycles. The maximum atomic E-state index is 5.45. The molecule has 2 aromatic rings. The van der Waals surface area contributed by atoms with Crippen molar-refractivity contribution in [2.75, 3.05) is 40.0 Å². The third-order valence-electron chi connectivity index (χ3n) is 3.95. The molecule has 1 aliphatic rings. The van der Waals surface area contributed by atoms with Crippen LogP contribution in [0.3, 0.4) is 0 Å². The number of methoxy groups -OCH3 is 1. The molecular weight excluding hydrogens is 286 g/mol. The van der Waals surface area contributed by atoms with Crippen LogP contribution in [-0.4, -0.2) is 54.4 Å². The molecule has 0 aliphatic carbocycles. The predicted octanol–water partition coefficient (Wildman–Crippen LogP) is 2.43. The lowest BCUT2D eigenvalue weighted by atomic mass is 10.3. The summed E-state index contributed by atoms with van der Waals surface area (Å²) in [7, 11) is 1.68. The molecule has 0 amide bonds. The number of aryl methyl sites for hydroxylation is 1. The number of aromatic nitrogens is 2. The maximum Gasteiger partial charge on any atom is 0.178 e. The van der Waals surface area contributed by atoms with Crippen LogP contribution in [0.1, 0.15) is 6.42 Å². The fourth-order valence-corrected chi connectivity index (χ4v) is 3.11. The third kappa shape index (κ3) is 3.12. The van der Waals surface area contributed by atoms with Gasteiger partial charge in [0.25, 0.3) is 0 Å². The van der Waals surface area contributed by atoms with E-state index in [0.29, 0.717) is 0 Å². The molecule has 0 saturated carbocycles. The molecule has 1 aromatic carbocycles. The van der Waals surface area contributed by atoms with Crippen LogP contribution < -0.4 is 4.74 Å². The Hall–Kier alpha value is -1.37. The highest BCUT2D eigenvalue weighted by molar-refractivity contribution is 7.71. The second-order valence-corrected chi connectivity index (χ2v) is 5.63. The minimum absolute atomic E-state index is 0.761. The summed E-state index contributed by atoms with van der Waals surface area (Å²) < 4.78 is 13.7. The monoisotopic (exact) mass is 307 g/mol. The zero-order valence-electron chi connectivity index (χ0n) is 12.3. The standard InChI is InChI=1S/C15H21N3O2S/c1-19-13-5-2-4-12-14(13)16-15(21)18(12)7-3-6-17-8-10-20-11-9-17/h2,4-5H,3,6-11H2,1H3,(H,16,21). The summed E-state index contributed by atoms with van der Waals surface area (Å²) in [6.45, 7) is 5.78. The topological polar surface area (TPSA) is 42.4 Å². The second-order valence-electron chi connectivity index (χ2n) is 5.24. The number of nitrogens with zero attached hydrogens (tertiary/aromatic N) is 2. The van der Waals surface area contributed by atoms with Crippen molar-refractivity contribution in [3.63, 3.8) is 0 Å². The van der Waals surface area contributed by atoms with Crippen LogP contribution >= 0.6 is 12.2 Å². The summed E-state index contributed by atoms with van der Waals surface area (Å²) in [5.41, 5.74) is 2.10. The van der Waals surface area contributed by atoms with Crippen LogP contribution in [0.5, 0.6) is 5.75 Å². The van der Waals surface area contributed by atoms with E-state index in [-0.39, 0.29) is 0 Å². The second kappa shape index (κ2) is 6.60. The van der Waals surface area contributed by atoms with Crippen LogP contribution in [0.2, 0.25) is 0 Å².